The van der Waals surface area contributed by atoms with Crippen molar-refractivity contribution in [2.75, 3.05) is 61.5 Å². The molecule has 2 aromatic rings. The van der Waals surface area contributed by atoms with Crippen molar-refractivity contribution in [2.45, 2.75) is 12.8 Å². The van der Waals surface area contributed by atoms with Crippen LogP contribution in [0.15, 0.2) is 48.5 Å². The normalized spacial score (nSPS) is 17.3. The zero-order valence-corrected chi connectivity index (χ0v) is 17.3. The van der Waals surface area contributed by atoms with E-state index in [9.17, 15) is 9.59 Å². The molecule has 7 nitrogen and oxygen atoms in total. The number of nitrogens with zero attached hydrogens (tertiary/aromatic N) is 3. The lowest BCUT2D eigenvalue weighted by Crippen LogP contribution is -2.48. The van der Waals surface area contributed by atoms with E-state index < -0.39 is 0 Å². The molecule has 2 aliphatic rings. The Hall–Kier alpha value is -3.06. The largest absolute Gasteiger partial charge is 0.495 e. The lowest BCUT2D eigenvalue weighted by molar-refractivity contribution is -0.118. The minimum atomic E-state index is -0.0557. The van der Waals surface area contributed by atoms with Gasteiger partial charge in [0.05, 0.1) is 30.7 Å². The average Bonchev–Trinajstić information content (AvgIpc) is 3.20. The minimum Gasteiger partial charge on any atom is -0.495 e. The molecular formula is C23H28N4O3. The zero-order chi connectivity index (χ0) is 20.9. The van der Waals surface area contributed by atoms with Crippen LogP contribution in [0.1, 0.15) is 12.8 Å². The molecule has 0 atom stereocenters. The van der Waals surface area contributed by atoms with Crippen molar-refractivity contribution in [2.24, 2.45) is 0 Å². The summed E-state index contributed by atoms with van der Waals surface area (Å²) in [6.07, 6.45) is 1.43. The number of carbonyl (C=O) groups is 2. The number of amides is 2. The van der Waals surface area contributed by atoms with E-state index in [4.69, 9.17) is 4.74 Å². The van der Waals surface area contributed by atoms with Crippen LogP contribution in [-0.4, -0.2) is 63.1 Å². The Bertz CT molecular complexity index is 909. The summed E-state index contributed by atoms with van der Waals surface area (Å²) in [6.45, 7) is 4.33. The highest BCUT2D eigenvalue weighted by molar-refractivity contribution is 6.02. The van der Waals surface area contributed by atoms with Crippen molar-refractivity contribution in [3.05, 3.63) is 48.5 Å². The van der Waals surface area contributed by atoms with Gasteiger partial charge in [-0.3, -0.25) is 14.5 Å². The lowest BCUT2D eigenvalue weighted by atomic mass is 10.2. The Kier molecular flexibility index (Phi) is 6.18. The molecule has 0 aliphatic carbocycles. The van der Waals surface area contributed by atoms with Crippen LogP contribution in [0.25, 0.3) is 0 Å². The fourth-order valence-electron chi connectivity index (χ4n) is 4.15. The first-order chi connectivity index (χ1) is 14.7. The summed E-state index contributed by atoms with van der Waals surface area (Å²) >= 11 is 0. The van der Waals surface area contributed by atoms with Gasteiger partial charge >= 0.3 is 0 Å². The fraction of sp³-hybridized carbons (Fsp3) is 0.391. The average molecular weight is 409 g/mol. The number of hydrogen-bond acceptors (Lipinski definition) is 5. The van der Waals surface area contributed by atoms with Crippen molar-refractivity contribution in [1.29, 1.82) is 0 Å². The van der Waals surface area contributed by atoms with Gasteiger partial charge in [0.15, 0.2) is 0 Å². The highest BCUT2D eigenvalue weighted by atomic mass is 16.5. The standard InChI is InChI=1S/C23H28N4O3/c1-30-21-10-5-4-9-20(21)26-15-13-25(14-16-26)17-22(28)24-18-7-2-3-8-19(18)27-12-6-11-23(27)29/h2-5,7-10H,6,11-17H2,1H3,(H,24,28). The topological polar surface area (TPSA) is 65.1 Å². The number of carbonyl (C=O) groups excluding carboxylic acids is 2. The summed E-state index contributed by atoms with van der Waals surface area (Å²) in [6, 6.07) is 15.6. The molecule has 2 aromatic carbocycles. The lowest BCUT2D eigenvalue weighted by Gasteiger charge is -2.36. The minimum absolute atomic E-state index is 0.0557. The van der Waals surface area contributed by atoms with Crippen LogP contribution in [-0.2, 0) is 9.59 Å². The van der Waals surface area contributed by atoms with Gasteiger partial charge in [0.1, 0.15) is 5.75 Å². The molecule has 2 fully saturated rings. The van der Waals surface area contributed by atoms with Crippen LogP contribution in [0.3, 0.4) is 0 Å². The molecule has 2 amide bonds. The van der Waals surface area contributed by atoms with Gasteiger partial charge in [-0.25, -0.2) is 0 Å². The van der Waals surface area contributed by atoms with Crippen LogP contribution in [0.4, 0.5) is 17.1 Å². The zero-order valence-electron chi connectivity index (χ0n) is 17.3. The van der Waals surface area contributed by atoms with Crippen LogP contribution in [0.2, 0.25) is 0 Å². The molecule has 0 bridgehead atoms. The van der Waals surface area contributed by atoms with Gasteiger partial charge in [0, 0.05) is 39.1 Å². The Morgan fingerprint density at radius 1 is 0.967 bits per heavy atom. The van der Waals surface area contributed by atoms with Gasteiger partial charge < -0.3 is 19.9 Å². The number of nitrogens with one attached hydrogen (secondary N) is 1. The van der Waals surface area contributed by atoms with Crippen LogP contribution in [0, 0.1) is 0 Å². The SMILES string of the molecule is COc1ccccc1N1CCN(CC(=O)Nc2ccccc2N2CCCC2=O)CC1. The molecule has 7 heteroatoms. The highest BCUT2D eigenvalue weighted by Gasteiger charge is 2.25. The molecule has 0 unspecified atom stereocenters. The maximum atomic E-state index is 12.7. The van der Waals surface area contributed by atoms with Crippen molar-refractivity contribution >= 4 is 28.9 Å². The van der Waals surface area contributed by atoms with Crippen LogP contribution < -0.4 is 19.9 Å². The third-order valence-corrected chi connectivity index (χ3v) is 5.71. The second-order valence-corrected chi connectivity index (χ2v) is 7.65. The molecule has 4 rings (SSSR count). The first-order valence-electron chi connectivity index (χ1n) is 10.5. The van der Waals surface area contributed by atoms with E-state index in [1.165, 1.54) is 0 Å². The van der Waals surface area contributed by atoms with E-state index in [1.54, 1.807) is 12.0 Å². The van der Waals surface area contributed by atoms with Crippen LogP contribution in [0.5, 0.6) is 5.75 Å². The van der Waals surface area contributed by atoms with E-state index in [0.29, 0.717) is 25.2 Å². The van der Waals surface area contributed by atoms with Crippen LogP contribution >= 0.6 is 0 Å². The molecule has 0 saturated carbocycles. The Balaban J connectivity index is 1.33. The van der Waals surface area contributed by atoms with E-state index in [2.05, 4.69) is 21.2 Å². The summed E-state index contributed by atoms with van der Waals surface area (Å²) in [4.78, 5) is 31.0. The monoisotopic (exact) mass is 408 g/mol. The summed E-state index contributed by atoms with van der Waals surface area (Å²) in [5, 5.41) is 3.01. The molecule has 0 spiro atoms. The van der Waals surface area contributed by atoms with Gasteiger partial charge in [-0.05, 0) is 30.7 Å². The second kappa shape index (κ2) is 9.17. The fourth-order valence-corrected chi connectivity index (χ4v) is 4.15. The number of benzene rings is 2. The van der Waals surface area contributed by atoms with Crippen molar-refractivity contribution < 1.29 is 14.3 Å². The molecule has 30 heavy (non-hydrogen) atoms. The predicted molar refractivity (Wildman–Crippen MR) is 118 cm³/mol. The first-order valence-corrected chi connectivity index (χ1v) is 10.5. The number of rotatable bonds is 6. The third kappa shape index (κ3) is 4.41. The molecule has 2 saturated heterocycles. The summed E-state index contributed by atoms with van der Waals surface area (Å²) in [5.74, 6) is 0.931. The number of methoxy groups -OCH3 is 1. The number of hydrogen-bond donors (Lipinski definition) is 1. The second-order valence-electron chi connectivity index (χ2n) is 7.65. The maximum absolute atomic E-state index is 12.7. The summed E-state index contributed by atoms with van der Waals surface area (Å²) in [7, 11) is 1.69. The Morgan fingerprint density at radius 3 is 2.37 bits per heavy atom. The quantitative estimate of drug-likeness (QED) is 0.796. The number of piperazine rings is 1. The summed E-state index contributed by atoms with van der Waals surface area (Å²) < 4.78 is 5.47. The van der Waals surface area contributed by atoms with E-state index in [1.807, 2.05) is 42.5 Å². The Morgan fingerprint density at radius 2 is 1.67 bits per heavy atom. The number of ether oxygens (including phenoxy) is 1. The molecule has 0 radical (unpaired) electrons. The van der Waals surface area contributed by atoms with Gasteiger partial charge in [-0.2, -0.15) is 0 Å². The summed E-state index contributed by atoms with van der Waals surface area (Å²) in [5.41, 5.74) is 2.58. The molecule has 2 heterocycles. The predicted octanol–water partition coefficient (Wildman–Crippen LogP) is 2.58. The Labute approximate surface area is 177 Å². The third-order valence-electron chi connectivity index (χ3n) is 5.71. The van der Waals surface area contributed by atoms with Gasteiger partial charge in [-0.15, -0.1) is 0 Å². The van der Waals surface area contributed by atoms with E-state index in [0.717, 1.165) is 49.7 Å². The van der Waals surface area contributed by atoms with E-state index >= 15 is 0 Å². The van der Waals surface area contributed by atoms with Gasteiger partial charge in [-0.1, -0.05) is 24.3 Å². The van der Waals surface area contributed by atoms with Gasteiger partial charge in [0.2, 0.25) is 11.8 Å². The van der Waals surface area contributed by atoms with Gasteiger partial charge in [0.25, 0.3) is 0 Å². The molecule has 158 valence electrons. The van der Waals surface area contributed by atoms with Crippen molar-refractivity contribution in [1.82, 2.24) is 4.90 Å². The molecule has 2 aliphatic heterocycles. The smallest absolute Gasteiger partial charge is 0.238 e. The number of para-hydroxylation sites is 4. The number of anilines is 3. The highest BCUT2D eigenvalue weighted by Crippen LogP contribution is 2.30. The maximum Gasteiger partial charge on any atom is 0.238 e. The molecular weight excluding hydrogens is 380 g/mol. The first kappa shape index (κ1) is 20.2. The van der Waals surface area contributed by atoms with Crippen molar-refractivity contribution in [3.8, 4) is 5.75 Å². The molecule has 0 aromatic heterocycles. The molecule has 1 N–H and O–H groups in total. The van der Waals surface area contributed by atoms with E-state index in [-0.39, 0.29) is 11.8 Å². The van der Waals surface area contributed by atoms with Crippen molar-refractivity contribution in [3.63, 3.8) is 0 Å².